The zero-order chi connectivity index (χ0) is 26.1. The normalized spacial score (nSPS) is 16.8. The Kier molecular flexibility index (Phi) is 8.73. The van der Waals surface area contributed by atoms with Crippen molar-refractivity contribution in [1.29, 1.82) is 0 Å². The Hall–Kier alpha value is -1.88. The van der Waals surface area contributed by atoms with Gasteiger partial charge in [-0.2, -0.15) is 18.3 Å². The van der Waals surface area contributed by atoms with Crippen LogP contribution in [0.15, 0.2) is 12.1 Å². The van der Waals surface area contributed by atoms with Crippen LogP contribution in [-0.4, -0.2) is 53.1 Å². The number of ether oxygens (including phenoxy) is 1. The van der Waals surface area contributed by atoms with E-state index >= 15 is 0 Å². The number of aromatic nitrogens is 2. The molecule has 1 aromatic carbocycles. The highest BCUT2D eigenvalue weighted by Gasteiger charge is 2.39. The molecule has 1 aliphatic rings. The molecular formula is C22H26Cl3F3N4O3. The number of benzene rings is 1. The molecule has 0 bridgehead atoms. The largest absolute Gasteiger partial charge is 0.495 e. The molecule has 2 atom stereocenters. The van der Waals surface area contributed by atoms with Crippen LogP contribution in [0.2, 0.25) is 15.1 Å². The van der Waals surface area contributed by atoms with E-state index in [9.17, 15) is 23.1 Å². The summed E-state index contributed by atoms with van der Waals surface area (Å²) >= 11 is 18.4. The summed E-state index contributed by atoms with van der Waals surface area (Å²) in [5, 5.41) is 16.5. The van der Waals surface area contributed by atoms with E-state index in [1.54, 1.807) is 12.1 Å². The Morgan fingerprint density at radius 2 is 1.89 bits per heavy atom. The van der Waals surface area contributed by atoms with E-state index in [0.717, 1.165) is 10.4 Å². The van der Waals surface area contributed by atoms with Gasteiger partial charge in [0.2, 0.25) is 5.91 Å². The first-order valence-corrected chi connectivity index (χ1v) is 12.0. The first-order chi connectivity index (χ1) is 16.3. The number of nitrogens with zero attached hydrogens (tertiary/aromatic N) is 3. The first kappa shape index (κ1) is 27.7. The molecule has 13 heteroatoms. The van der Waals surface area contributed by atoms with Crippen LogP contribution in [0.25, 0.3) is 0 Å². The summed E-state index contributed by atoms with van der Waals surface area (Å²) in [4.78, 5) is 14.3. The molecule has 0 saturated carbocycles. The Morgan fingerprint density at radius 1 is 1.26 bits per heavy atom. The van der Waals surface area contributed by atoms with Gasteiger partial charge in [0, 0.05) is 19.2 Å². The maximum Gasteiger partial charge on any atom is 0.436 e. The molecule has 194 valence electrons. The van der Waals surface area contributed by atoms with Crippen molar-refractivity contribution in [3.8, 4) is 5.75 Å². The fourth-order valence-corrected chi connectivity index (χ4v) is 4.97. The van der Waals surface area contributed by atoms with E-state index in [4.69, 9.17) is 39.5 Å². The fraction of sp³-hybridized carbons (Fsp3) is 0.545. The van der Waals surface area contributed by atoms with Crippen LogP contribution in [0.1, 0.15) is 31.2 Å². The number of hydrogen-bond donors (Lipinski definition) is 2. The average Bonchev–Trinajstić information content (AvgIpc) is 3.07. The van der Waals surface area contributed by atoms with E-state index in [1.807, 2.05) is 0 Å². The third-order valence-electron chi connectivity index (χ3n) is 6.15. The predicted molar refractivity (Wildman–Crippen MR) is 129 cm³/mol. The lowest BCUT2D eigenvalue weighted by Gasteiger charge is -2.38. The molecule has 1 amide bonds. The smallest absolute Gasteiger partial charge is 0.436 e. The maximum atomic E-state index is 13.3. The van der Waals surface area contributed by atoms with Gasteiger partial charge in [-0.05, 0) is 38.7 Å². The van der Waals surface area contributed by atoms with Gasteiger partial charge in [0.05, 0.1) is 46.1 Å². The van der Waals surface area contributed by atoms with Crippen molar-refractivity contribution in [3.05, 3.63) is 38.6 Å². The Labute approximate surface area is 216 Å². The van der Waals surface area contributed by atoms with Crippen LogP contribution in [0, 0.1) is 12.8 Å². The summed E-state index contributed by atoms with van der Waals surface area (Å²) in [6, 6.07) is 2.79. The number of nitrogens with one attached hydrogen (secondary N) is 1. The van der Waals surface area contributed by atoms with Crippen molar-refractivity contribution in [1.82, 2.24) is 15.1 Å². The highest BCUT2D eigenvalue weighted by atomic mass is 35.5. The molecule has 1 aliphatic heterocycles. The van der Waals surface area contributed by atoms with Crippen LogP contribution < -0.4 is 15.0 Å². The Morgan fingerprint density at radius 3 is 2.40 bits per heavy atom. The number of piperidine rings is 1. The van der Waals surface area contributed by atoms with Crippen molar-refractivity contribution >= 4 is 46.4 Å². The number of hydrogen-bond acceptors (Lipinski definition) is 5. The number of carbonyl (C=O) groups excluding carboxylic acids is 1. The minimum atomic E-state index is -4.70. The highest BCUT2D eigenvalue weighted by Crippen LogP contribution is 2.39. The number of halogens is 6. The molecule has 3 rings (SSSR count). The second kappa shape index (κ2) is 11.0. The second-order valence-corrected chi connectivity index (χ2v) is 9.67. The summed E-state index contributed by atoms with van der Waals surface area (Å²) in [6.45, 7) is 3.88. The lowest BCUT2D eigenvalue weighted by molar-refractivity contribution is -0.141. The number of rotatable bonds is 7. The van der Waals surface area contributed by atoms with Crippen LogP contribution in [0.5, 0.6) is 5.75 Å². The van der Waals surface area contributed by atoms with Crippen molar-refractivity contribution in [2.45, 2.75) is 51.6 Å². The van der Waals surface area contributed by atoms with Crippen molar-refractivity contribution in [3.63, 3.8) is 0 Å². The molecule has 1 unspecified atom stereocenters. The molecular weight excluding hydrogens is 532 g/mol. The van der Waals surface area contributed by atoms with Crippen molar-refractivity contribution in [2.24, 2.45) is 5.92 Å². The van der Waals surface area contributed by atoms with E-state index in [0.29, 0.717) is 41.7 Å². The standard InChI is InChI=1S/C22H26Cl3F3N4O3/c1-11-19(25)20(22(26,27)28)30-32(11)10-16(29-21(34)12(2)33)13-4-6-31(7-5-13)17-9-18(35-3)15(24)8-14(17)23/h8-9,12-13,16,33H,4-7,10H2,1-3H3,(H,29,34)/t12-,16?/m1/s1. The van der Waals surface area contributed by atoms with Crippen LogP contribution >= 0.6 is 34.8 Å². The maximum absolute atomic E-state index is 13.3. The van der Waals surface area contributed by atoms with Crippen LogP contribution in [-0.2, 0) is 17.5 Å². The molecule has 7 nitrogen and oxygen atoms in total. The molecule has 2 aromatic rings. The zero-order valence-corrected chi connectivity index (χ0v) is 21.6. The molecule has 2 N–H and O–H groups in total. The topological polar surface area (TPSA) is 79.6 Å². The number of aliphatic hydroxyl groups is 1. The predicted octanol–water partition coefficient (Wildman–Crippen LogP) is 4.96. The molecule has 1 aromatic heterocycles. The fourth-order valence-electron chi connectivity index (χ4n) is 4.15. The van der Waals surface area contributed by atoms with Crippen molar-refractivity contribution < 1.29 is 27.8 Å². The number of carbonyl (C=O) groups is 1. The lowest BCUT2D eigenvalue weighted by Crippen LogP contribution is -2.50. The minimum absolute atomic E-state index is 0.0275. The lowest BCUT2D eigenvalue weighted by atomic mass is 9.88. The van der Waals surface area contributed by atoms with E-state index < -0.39 is 34.9 Å². The van der Waals surface area contributed by atoms with Gasteiger partial charge in [-0.1, -0.05) is 34.8 Å². The third kappa shape index (κ3) is 6.28. The van der Waals surface area contributed by atoms with Gasteiger partial charge in [-0.15, -0.1) is 0 Å². The summed E-state index contributed by atoms with van der Waals surface area (Å²) in [5.74, 6) is -0.227. The molecule has 1 fully saturated rings. The first-order valence-electron chi connectivity index (χ1n) is 10.9. The summed E-state index contributed by atoms with van der Waals surface area (Å²) in [6.07, 6.45) is -4.76. The minimum Gasteiger partial charge on any atom is -0.495 e. The Bertz CT molecular complexity index is 1070. The van der Waals surface area contributed by atoms with Gasteiger partial charge in [-0.25, -0.2) is 0 Å². The molecule has 0 aliphatic carbocycles. The zero-order valence-electron chi connectivity index (χ0n) is 19.3. The number of amides is 1. The monoisotopic (exact) mass is 556 g/mol. The number of aliphatic hydroxyl groups excluding tert-OH is 1. The van der Waals surface area contributed by atoms with Gasteiger partial charge in [-0.3, -0.25) is 9.48 Å². The highest BCUT2D eigenvalue weighted by molar-refractivity contribution is 6.37. The van der Waals surface area contributed by atoms with E-state index in [1.165, 1.54) is 21.0 Å². The van der Waals surface area contributed by atoms with Gasteiger partial charge in [0.1, 0.15) is 11.9 Å². The summed E-state index contributed by atoms with van der Waals surface area (Å²) in [5.41, 5.74) is -0.272. The van der Waals surface area contributed by atoms with Gasteiger partial charge in [0.15, 0.2) is 5.69 Å². The van der Waals surface area contributed by atoms with Crippen LogP contribution in [0.4, 0.5) is 18.9 Å². The molecule has 2 heterocycles. The van der Waals surface area contributed by atoms with Gasteiger partial charge < -0.3 is 20.1 Å². The van der Waals surface area contributed by atoms with Crippen molar-refractivity contribution in [2.75, 3.05) is 25.1 Å². The van der Waals surface area contributed by atoms with Gasteiger partial charge >= 0.3 is 6.18 Å². The summed E-state index contributed by atoms with van der Waals surface area (Å²) < 4.78 is 46.2. The summed E-state index contributed by atoms with van der Waals surface area (Å²) in [7, 11) is 1.51. The molecule has 0 radical (unpaired) electrons. The third-order valence-corrected chi connectivity index (χ3v) is 7.20. The quantitative estimate of drug-likeness (QED) is 0.503. The molecule has 35 heavy (non-hydrogen) atoms. The number of alkyl halides is 3. The van der Waals surface area contributed by atoms with Gasteiger partial charge in [0.25, 0.3) is 0 Å². The number of anilines is 1. The SMILES string of the molecule is COc1cc(N2CCC(C(Cn3nc(C(F)(F)F)c(Cl)c3C)NC(=O)[C@@H](C)O)CC2)c(Cl)cc1Cl. The van der Waals surface area contributed by atoms with E-state index in [2.05, 4.69) is 15.3 Å². The second-order valence-electron chi connectivity index (χ2n) is 8.48. The number of methoxy groups -OCH3 is 1. The Balaban J connectivity index is 1.81. The van der Waals surface area contributed by atoms with Crippen LogP contribution in [0.3, 0.4) is 0 Å². The van der Waals surface area contributed by atoms with E-state index in [-0.39, 0.29) is 18.2 Å². The molecule has 0 spiro atoms. The molecule has 1 saturated heterocycles. The average molecular weight is 558 g/mol.